The topological polar surface area (TPSA) is 29.5 Å². The highest BCUT2D eigenvalue weighted by atomic mass is 35.5. The largest absolute Gasteiger partial charge is 0.497 e. The summed E-state index contributed by atoms with van der Waals surface area (Å²) in [6.07, 6.45) is 3.84. The van der Waals surface area contributed by atoms with Gasteiger partial charge in [-0.1, -0.05) is 54.1 Å². The minimum Gasteiger partial charge on any atom is -0.497 e. The monoisotopic (exact) mass is 401 g/mol. The molecule has 29 heavy (non-hydrogen) atoms. The van der Waals surface area contributed by atoms with E-state index in [0.717, 1.165) is 28.1 Å². The molecule has 1 aliphatic heterocycles. The van der Waals surface area contributed by atoms with Gasteiger partial charge in [0.25, 0.3) is 5.91 Å². The second-order valence-electron chi connectivity index (χ2n) is 6.79. The number of halogens is 1. The summed E-state index contributed by atoms with van der Waals surface area (Å²) < 4.78 is 5.26. The number of ether oxygens (including phenoxy) is 1. The number of carbonyl (C=O) groups excluding carboxylic acids is 1. The maximum absolute atomic E-state index is 13.2. The molecule has 1 amide bonds. The van der Waals surface area contributed by atoms with E-state index in [2.05, 4.69) is 0 Å². The zero-order valence-corrected chi connectivity index (χ0v) is 16.8. The Bertz CT molecular complexity index is 1070. The molecule has 0 aliphatic carbocycles. The van der Waals surface area contributed by atoms with Gasteiger partial charge in [-0.2, -0.15) is 0 Å². The standard InChI is InChI=1S/C25H20ClNO2/c1-29-23-13-9-20(10-14-23)24-16-21(15-18-7-11-22(26)12-8-18)25(28)27(24)17-19-5-3-2-4-6-19/h2-16H,17H2,1H3/b21-15+. The molecule has 3 aromatic carbocycles. The number of amides is 1. The first-order chi connectivity index (χ1) is 14.1. The molecule has 0 atom stereocenters. The molecular weight excluding hydrogens is 382 g/mol. The molecule has 4 heteroatoms. The van der Waals surface area contributed by atoms with E-state index in [9.17, 15) is 4.79 Å². The van der Waals surface area contributed by atoms with Gasteiger partial charge in [0.05, 0.1) is 19.4 Å². The van der Waals surface area contributed by atoms with Crippen LogP contribution in [0.15, 0.2) is 90.5 Å². The number of methoxy groups -OCH3 is 1. The summed E-state index contributed by atoms with van der Waals surface area (Å²) in [4.78, 5) is 15.1. The van der Waals surface area contributed by atoms with Gasteiger partial charge in [-0.05, 0) is 65.2 Å². The summed E-state index contributed by atoms with van der Waals surface area (Å²) >= 11 is 5.98. The van der Waals surface area contributed by atoms with Crippen molar-refractivity contribution in [3.63, 3.8) is 0 Å². The van der Waals surface area contributed by atoms with Crippen molar-refractivity contribution < 1.29 is 9.53 Å². The maximum Gasteiger partial charge on any atom is 0.258 e. The average Bonchev–Trinajstić information content (AvgIpc) is 3.06. The Labute approximate surface area is 175 Å². The lowest BCUT2D eigenvalue weighted by Gasteiger charge is -2.21. The van der Waals surface area contributed by atoms with Crippen LogP contribution in [0.1, 0.15) is 16.7 Å². The second-order valence-corrected chi connectivity index (χ2v) is 7.22. The van der Waals surface area contributed by atoms with Crippen LogP contribution in [-0.4, -0.2) is 17.9 Å². The molecule has 0 saturated heterocycles. The Kier molecular flexibility index (Phi) is 5.50. The van der Waals surface area contributed by atoms with Gasteiger partial charge >= 0.3 is 0 Å². The third-order valence-electron chi connectivity index (χ3n) is 4.84. The van der Waals surface area contributed by atoms with Gasteiger partial charge in [0, 0.05) is 10.6 Å². The Morgan fingerprint density at radius 1 is 0.931 bits per heavy atom. The first kappa shape index (κ1) is 19.0. The van der Waals surface area contributed by atoms with E-state index in [-0.39, 0.29) is 5.91 Å². The van der Waals surface area contributed by atoms with Crippen molar-refractivity contribution in [3.05, 3.63) is 112 Å². The van der Waals surface area contributed by atoms with Gasteiger partial charge < -0.3 is 9.64 Å². The number of hydrogen-bond acceptors (Lipinski definition) is 2. The van der Waals surface area contributed by atoms with Gasteiger partial charge in [0.15, 0.2) is 0 Å². The van der Waals surface area contributed by atoms with Crippen molar-refractivity contribution in [1.29, 1.82) is 0 Å². The second kappa shape index (κ2) is 8.38. The molecule has 4 rings (SSSR count). The van der Waals surface area contributed by atoms with Crippen molar-refractivity contribution in [1.82, 2.24) is 4.90 Å². The van der Waals surface area contributed by atoms with Crippen LogP contribution < -0.4 is 4.74 Å². The highest BCUT2D eigenvalue weighted by Crippen LogP contribution is 2.33. The lowest BCUT2D eigenvalue weighted by Crippen LogP contribution is -2.25. The van der Waals surface area contributed by atoms with E-state index >= 15 is 0 Å². The highest BCUT2D eigenvalue weighted by Gasteiger charge is 2.29. The third kappa shape index (κ3) is 4.25. The average molecular weight is 402 g/mol. The summed E-state index contributed by atoms with van der Waals surface area (Å²) in [5, 5.41) is 0.671. The maximum atomic E-state index is 13.2. The summed E-state index contributed by atoms with van der Waals surface area (Å²) in [5.41, 5.74) is 4.50. The van der Waals surface area contributed by atoms with Gasteiger partial charge in [-0.15, -0.1) is 0 Å². The molecule has 1 aliphatic rings. The Hall–Kier alpha value is -3.30. The van der Waals surface area contributed by atoms with E-state index in [1.807, 2.05) is 95.9 Å². The fourth-order valence-corrected chi connectivity index (χ4v) is 3.44. The van der Waals surface area contributed by atoms with Crippen molar-refractivity contribution in [2.45, 2.75) is 6.54 Å². The number of benzene rings is 3. The molecule has 0 spiro atoms. The first-order valence-corrected chi connectivity index (χ1v) is 9.71. The summed E-state index contributed by atoms with van der Waals surface area (Å²) in [7, 11) is 1.64. The van der Waals surface area contributed by atoms with Crippen molar-refractivity contribution in [2.24, 2.45) is 0 Å². The molecule has 1 heterocycles. The van der Waals surface area contributed by atoms with Gasteiger partial charge in [0.1, 0.15) is 5.75 Å². The van der Waals surface area contributed by atoms with Crippen molar-refractivity contribution in [2.75, 3.05) is 7.11 Å². The van der Waals surface area contributed by atoms with Crippen LogP contribution in [-0.2, 0) is 11.3 Å². The zero-order valence-electron chi connectivity index (χ0n) is 16.0. The molecule has 0 saturated carbocycles. The molecular formula is C25H20ClNO2. The van der Waals surface area contributed by atoms with E-state index in [4.69, 9.17) is 16.3 Å². The third-order valence-corrected chi connectivity index (χ3v) is 5.09. The minimum absolute atomic E-state index is 0.0189. The van der Waals surface area contributed by atoms with E-state index < -0.39 is 0 Å². The van der Waals surface area contributed by atoms with Crippen LogP contribution in [0.4, 0.5) is 0 Å². The quantitative estimate of drug-likeness (QED) is 0.504. The predicted molar refractivity (Wildman–Crippen MR) is 117 cm³/mol. The number of hydrogen-bond donors (Lipinski definition) is 0. The Balaban J connectivity index is 1.72. The predicted octanol–water partition coefficient (Wildman–Crippen LogP) is 5.82. The molecule has 0 unspecified atom stereocenters. The molecule has 0 aromatic heterocycles. The SMILES string of the molecule is COc1ccc(C2=C/C(=C\c3ccc(Cl)cc3)C(=O)N2Cc2ccccc2)cc1. The van der Waals surface area contributed by atoms with Crippen LogP contribution in [0.3, 0.4) is 0 Å². The van der Waals surface area contributed by atoms with Crippen molar-refractivity contribution >= 4 is 29.3 Å². The van der Waals surface area contributed by atoms with Gasteiger partial charge in [-0.3, -0.25) is 4.79 Å². The summed E-state index contributed by atoms with van der Waals surface area (Å²) in [6, 6.07) is 25.2. The molecule has 0 fully saturated rings. The first-order valence-electron chi connectivity index (χ1n) is 9.33. The van der Waals surface area contributed by atoms with Crippen LogP contribution in [0.25, 0.3) is 11.8 Å². The molecule has 0 bridgehead atoms. The summed E-state index contributed by atoms with van der Waals surface area (Å²) in [5.74, 6) is 0.764. The normalized spacial score (nSPS) is 15.0. The van der Waals surface area contributed by atoms with Gasteiger partial charge in [0.2, 0.25) is 0 Å². The van der Waals surface area contributed by atoms with Crippen LogP contribution in [0.5, 0.6) is 5.75 Å². The molecule has 144 valence electrons. The molecule has 0 N–H and O–H groups in total. The van der Waals surface area contributed by atoms with Crippen LogP contribution >= 0.6 is 11.6 Å². The summed E-state index contributed by atoms with van der Waals surface area (Å²) in [6.45, 7) is 0.509. The van der Waals surface area contributed by atoms with E-state index in [1.54, 1.807) is 7.11 Å². The number of rotatable bonds is 5. The highest BCUT2D eigenvalue weighted by molar-refractivity contribution is 6.30. The fourth-order valence-electron chi connectivity index (χ4n) is 3.32. The molecule has 0 radical (unpaired) electrons. The van der Waals surface area contributed by atoms with Crippen LogP contribution in [0, 0.1) is 0 Å². The fraction of sp³-hybridized carbons (Fsp3) is 0.0800. The number of carbonyl (C=O) groups is 1. The van der Waals surface area contributed by atoms with E-state index in [1.165, 1.54) is 0 Å². The Morgan fingerprint density at radius 3 is 2.28 bits per heavy atom. The van der Waals surface area contributed by atoms with Crippen molar-refractivity contribution in [3.8, 4) is 5.75 Å². The van der Waals surface area contributed by atoms with Crippen LogP contribution in [0.2, 0.25) is 5.02 Å². The Morgan fingerprint density at radius 2 is 1.62 bits per heavy atom. The molecule has 3 nitrogen and oxygen atoms in total. The lowest BCUT2D eigenvalue weighted by molar-refractivity contribution is -0.123. The van der Waals surface area contributed by atoms with E-state index in [0.29, 0.717) is 17.1 Å². The van der Waals surface area contributed by atoms with Gasteiger partial charge in [-0.25, -0.2) is 0 Å². The zero-order chi connectivity index (χ0) is 20.2. The minimum atomic E-state index is -0.0189. The molecule has 3 aromatic rings. The number of nitrogens with zero attached hydrogens (tertiary/aromatic N) is 1. The lowest BCUT2D eigenvalue weighted by atomic mass is 10.1. The smallest absolute Gasteiger partial charge is 0.258 e.